The van der Waals surface area contributed by atoms with Crippen molar-refractivity contribution in [2.24, 2.45) is 5.10 Å². The Kier molecular flexibility index (Phi) is 4.57. The van der Waals surface area contributed by atoms with E-state index < -0.39 is 5.91 Å². The van der Waals surface area contributed by atoms with Crippen LogP contribution in [0.1, 0.15) is 15.9 Å². The molecule has 1 amide bonds. The summed E-state index contributed by atoms with van der Waals surface area (Å²) in [6.07, 6.45) is 1.58. The van der Waals surface area contributed by atoms with Crippen LogP contribution in [0.4, 0.5) is 0 Å². The number of benzene rings is 3. The van der Waals surface area contributed by atoms with Crippen molar-refractivity contribution in [3.8, 4) is 5.75 Å². The van der Waals surface area contributed by atoms with Gasteiger partial charge < -0.3 is 5.11 Å². The molecule has 3 aromatic carbocycles. The second kappa shape index (κ2) is 6.78. The summed E-state index contributed by atoms with van der Waals surface area (Å²) in [4.78, 5) is 12.2. The average Bonchev–Trinajstić information content (AvgIpc) is 2.56. The molecule has 23 heavy (non-hydrogen) atoms. The SMILES string of the molecule is O=C(N/N=C\c1ccccc1I)c1cc2ccccc2cc1O. The highest BCUT2D eigenvalue weighted by Crippen LogP contribution is 2.24. The Bertz CT molecular complexity index is 906. The second-order valence-electron chi connectivity index (χ2n) is 4.94. The number of nitrogens with zero attached hydrogens (tertiary/aromatic N) is 1. The highest BCUT2D eigenvalue weighted by atomic mass is 127. The van der Waals surface area contributed by atoms with Crippen LogP contribution >= 0.6 is 22.6 Å². The van der Waals surface area contributed by atoms with Crippen LogP contribution in [0.3, 0.4) is 0 Å². The van der Waals surface area contributed by atoms with Gasteiger partial charge in [-0.2, -0.15) is 5.10 Å². The minimum Gasteiger partial charge on any atom is -0.507 e. The molecule has 0 aromatic heterocycles. The van der Waals surface area contributed by atoms with E-state index in [0.717, 1.165) is 19.9 Å². The van der Waals surface area contributed by atoms with Crippen molar-refractivity contribution < 1.29 is 9.90 Å². The molecule has 0 bridgehead atoms. The molecular formula is C18H13IN2O2. The van der Waals surface area contributed by atoms with Gasteiger partial charge in [-0.1, -0.05) is 42.5 Å². The first kappa shape index (κ1) is 15.5. The molecule has 3 rings (SSSR count). The zero-order chi connectivity index (χ0) is 16.2. The summed E-state index contributed by atoms with van der Waals surface area (Å²) in [5.74, 6) is -0.513. The van der Waals surface area contributed by atoms with Crippen LogP contribution in [0.5, 0.6) is 5.75 Å². The molecule has 3 aromatic rings. The molecule has 0 saturated heterocycles. The molecule has 0 heterocycles. The zero-order valence-electron chi connectivity index (χ0n) is 12.0. The smallest absolute Gasteiger partial charge is 0.275 e. The Labute approximate surface area is 147 Å². The maximum Gasteiger partial charge on any atom is 0.275 e. The summed E-state index contributed by atoms with van der Waals surface area (Å²) in [7, 11) is 0. The van der Waals surface area contributed by atoms with E-state index in [1.807, 2.05) is 48.5 Å². The normalized spacial score (nSPS) is 11.0. The van der Waals surface area contributed by atoms with Crippen LogP contribution in [0.2, 0.25) is 0 Å². The number of carbonyl (C=O) groups excluding carboxylic acids is 1. The molecular weight excluding hydrogens is 403 g/mol. The Balaban J connectivity index is 1.81. The van der Waals surface area contributed by atoms with Crippen LogP contribution in [0.25, 0.3) is 10.8 Å². The maximum atomic E-state index is 12.2. The van der Waals surface area contributed by atoms with Gasteiger partial charge in [-0.05, 0) is 51.6 Å². The Morgan fingerprint density at radius 3 is 2.43 bits per heavy atom. The fourth-order valence-corrected chi connectivity index (χ4v) is 2.74. The van der Waals surface area contributed by atoms with Crippen molar-refractivity contribution >= 4 is 45.5 Å². The number of phenolic OH excluding ortho intramolecular Hbond substituents is 1. The third kappa shape index (κ3) is 3.50. The molecule has 0 radical (unpaired) electrons. The molecule has 114 valence electrons. The monoisotopic (exact) mass is 416 g/mol. The summed E-state index contributed by atoms with van der Waals surface area (Å²) in [5, 5.41) is 15.7. The number of phenols is 1. The van der Waals surface area contributed by atoms with Crippen molar-refractivity contribution in [3.63, 3.8) is 0 Å². The van der Waals surface area contributed by atoms with Crippen LogP contribution < -0.4 is 5.43 Å². The van der Waals surface area contributed by atoms with Crippen molar-refractivity contribution in [3.05, 3.63) is 75.4 Å². The molecule has 0 saturated carbocycles. The van der Waals surface area contributed by atoms with E-state index in [0.29, 0.717) is 0 Å². The van der Waals surface area contributed by atoms with Gasteiger partial charge in [0.2, 0.25) is 0 Å². The van der Waals surface area contributed by atoms with Crippen LogP contribution in [0, 0.1) is 3.57 Å². The first-order valence-corrected chi connectivity index (χ1v) is 8.03. The molecule has 0 fully saturated rings. The summed E-state index contributed by atoms with van der Waals surface area (Å²) in [6.45, 7) is 0. The van der Waals surface area contributed by atoms with Crippen LogP contribution in [0.15, 0.2) is 65.8 Å². The van der Waals surface area contributed by atoms with Gasteiger partial charge in [0, 0.05) is 9.13 Å². The van der Waals surface area contributed by atoms with Gasteiger partial charge in [-0.25, -0.2) is 5.43 Å². The summed E-state index contributed by atoms with van der Waals surface area (Å²) in [5.41, 5.74) is 3.56. The number of fused-ring (bicyclic) bond motifs is 1. The zero-order valence-corrected chi connectivity index (χ0v) is 14.2. The number of aromatic hydroxyl groups is 1. The Hall–Kier alpha value is -2.41. The lowest BCUT2D eigenvalue weighted by Gasteiger charge is -2.05. The van der Waals surface area contributed by atoms with E-state index in [9.17, 15) is 9.90 Å². The molecule has 0 spiro atoms. The van der Waals surface area contributed by atoms with E-state index in [1.54, 1.807) is 18.3 Å². The quantitative estimate of drug-likeness (QED) is 0.387. The van der Waals surface area contributed by atoms with Gasteiger partial charge in [0.05, 0.1) is 11.8 Å². The number of nitrogens with one attached hydrogen (secondary N) is 1. The number of rotatable bonds is 3. The molecule has 0 aliphatic carbocycles. The number of hydrogen-bond donors (Lipinski definition) is 2. The van der Waals surface area contributed by atoms with Gasteiger partial charge in [0.25, 0.3) is 5.91 Å². The third-order valence-electron chi connectivity index (χ3n) is 3.38. The maximum absolute atomic E-state index is 12.2. The highest BCUT2D eigenvalue weighted by Gasteiger charge is 2.11. The second-order valence-corrected chi connectivity index (χ2v) is 6.10. The standard InChI is InChI=1S/C18H13IN2O2/c19-16-8-4-3-7-14(16)11-20-21-18(23)15-9-12-5-1-2-6-13(12)10-17(15)22/h1-11,22H,(H,21,23)/b20-11-. The molecule has 4 nitrogen and oxygen atoms in total. The fraction of sp³-hybridized carbons (Fsp3) is 0. The molecule has 0 aliphatic rings. The van der Waals surface area contributed by atoms with E-state index in [1.165, 1.54) is 0 Å². The number of hydrogen-bond acceptors (Lipinski definition) is 3. The van der Waals surface area contributed by atoms with Gasteiger partial charge in [0.1, 0.15) is 5.75 Å². The lowest BCUT2D eigenvalue weighted by atomic mass is 10.1. The van der Waals surface area contributed by atoms with Crippen molar-refractivity contribution in [2.45, 2.75) is 0 Å². The predicted octanol–water partition coefficient (Wildman–Crippen LogP) is 3.91. The molecule has 0 atom stereocenters. The molecule has 2 N–H and O–H groups in total. The van der Waals surface area contributed by atoms with E-state index in [2.05, 4.69) is 33.1 Å². The number of amides is 1. The lowest BCUT2D eigenvalue weighted by Crippen LogP contribution is -2.17. The lowest BCUT2D eigenvalue weighted by molar-refractivity contribution is 0.0952. The van der Waals surface area contributed by atoms with Gasteiger partial charge >= 0.3 is 0 Å². The van der Waals surface area contributed by atoms with Crippen molar-refractivity contribution in [1.82, 2.24) is 5.43 Å². The van der Waals surface area contributed by atoms with Crippen molar-refractivity contribution in [2.75, 3.05) is 0 Å². The third-order valence-corrected chi connectivity index (χ3v) is 4.37. The number of halogens is 1. The molecule has 0 aliphatic heterocycles. The van der Waals surface area contributed by atoms with E-state index >= 15 is 0 Å². The largest absolute Gasteiger partial charge is 0.507 e. The van der Waals surface area contributed by atoms with Crippen LogP contribution in [-0.2, 0) is 0 Å². The van der Waals surface area contributed by atoms with Gasteiger partial charge in [0.15, 0.2) is 0 Å². The first-order chi connectivity index (χ1) is 11.1. The van der Waals surface area contributed by atoms with Gasteiger partial charge in [-0.3, -0.25) is 4.79 Å². The number of carbonyl (C=O) groups is 1. The van der Waals surface area contributed by atoms with Crippen LogP contribution in [-0.4, -0.2) is 17.2 Å². The number of hydrazone groups is 1. The highest BCUT2D eigenvalue weighted by molar-refractivity contribution is 14.1. The Morgan fingerprint density at radius 2 is 1.70 bits per heavy atom. The summed E-state index contributed by atoms with van der Waals surface area (Å²) in [6, 6.07) is 18.5. The predicted molar refractivity (Wildman–Crippen MR) is 99.8 cm³/mol. The van der Waals surface area contributed by atoms with Crippen molar-refractivity contribution in [1.29, 1.82) is 0 Å². The van der Waals surface area contributed by atoms with E-state index in [4.69, 9.17) is 0 Å². The molecule has 0 unspecified atom stereocenters. The minimum atomic E-state index is -0.449. The van der Waals surface area contributed by atoms with Gasteiger partial charge in [-0.15, -0.1) is 0 Å². The first-order valence-electron chi connectivity index (χ1n) is 6.95. The summed E-state index contributed by atoms with van der Waals surface area (Å²) < 4.78 is 1.04. The summed E-state index contributed by atoms with van der Waals surface area (Å²) >= 11 is 2.20. The minimum absolute atomic E-state index is 0.0642. The average molecular weight is 416 g/mol. The molecule has 5 heteroatoms. The van der Waals surface area contributed by atoms with E-state index in [-0.39, 0.29) is 11.3 Å². The topological polar surface area (TPSA) is 61.7 Å². The Morgan fingerprint density at radius 1 is 1.04 bits per heavy atom. The fourth-order valence-electron chi connectivity index (χ4n) is 2.21.